The van der Waals surface area contributed by atoms with E-state index < -0.39 is 15.4 Å². The van der Waals surface area contributed by atoms with Crippen LogP contribution >= 0.6 is 11.3 Å². The number of carbonyl (C=O) groups excluding carboxylic acids is 2. The normalized spacial score (nSPS) is 15.8. The van der Waals surface area contributed by atoms with Gasteiger partial charge in [-0.1, -0.05) is 25.2 Å². The summed E-state index contributed by atoms with van der Waals surface area (Å²) in [5, 5.41) is 0.136. The Morgan fingerprint density at radius 1 is 1.31 bits per heavy atom. The molecule has 2 amide bonds. The molecule has 1 aromatic carbocycles. The summed E-state index contributed by atoms with van der Waals surface area (Å²) >= 11 is 1.00. The van der Waals surface area contributed by atoms with E-state index in [1.165, 1.54) is 11.0 Å². The highest BCUT2D eigenvalue weighted by molar-refractivity contribution is 7.93. The molecular weight excluding hydrogens is 412 g/mol. The summed E-state index contributed by atoms with van der Waals surface area (Å²) in [6.45, 7) is 5.51. The van der Waals surface area contributed by atoms with Crippen LogP contribution in [-0.2, 0) is 20.2 Å². The quantitative estimate of drug-likeness (QED) is 0.794. The number of aryl methyl sites for hydroxylation is 1. The predicted molar refractivity (Wildman–Crippen MR) is 113 cm³/mol. The molecule has 8 nitrogen and oxygen atoms in total. The third kappa shape index (κ3) is 3.86. The maximum Gasteiger partial charge on any atom is 0.265 e. The lowest BCUT2D eigenvalue weighted by molar-refractivity contribution is -0.119. The molecule has 0 aliphatic carbocycles. The monoisotopic (exact) mass is 436 g/mol. The Morgan fingerprint density at radius 2 is 1.97 bits per heavy atom. The fraction of sp³-hybridized carbons (Fsp3) is 0.421. The molecule has 0 spiro atoms. The smallest absolute Gasteiger partial charge is 0.265 e. The van der Waals surface area contributed by atoms with Gasteiger partial charge in [0.15, 0.2) is 5.13 Å². The number of thiazole rings is 1. The number of fused-ring (bicyclic) bond motifs is 1. The second-order valence-electron chi connectivity index (χ2n) is 7.93. The molecule has 29 heavy (non-hydrogen) atoms. The first-order valence-corrected chi connectivity index (χ1v) is 11.3. The molecule has 3 rings (SSSR count). The Hall–Kier alpha value is -2.46. The standard InChI is InChI=1S/C19H24N4O4S2/c1-11-16(17(25)22(4)5)28-18(20-11)21-29(26,27)12-7-8-14-13(9-12)19(2,3)10-15(24)23(14)6/h7-9H,10H2,1-6H3,(H,20,21). The first kappa shape index (κ1) is 21.3. The molecule has 0 bridgehead atoms. The van der Waals surface area contributed by atoms with Crippen LogP contribution < -0.4 is 9.62 Å². The summed E-state index contributed by atoms with van der Waals surface area (Å²) in [7, 11) is 1.03. The van der Waals surface area contributed by atoms with Crippen LogP contribution in [0.15, 0.2) is 23.1 Å². The van der Waals surface area contributed by atoms with Gasteiger partial charge in [-0.05, 0) is 30.7 Å². The van der Waals surface area contributed by atoms with E-state index in [0.29, 0.717) is 22.7 Å². The fourth-order valence-corrected chi connectivity index (χ4v) is 5.51. The molecule has 0 atom stereocenters. The largest absolute Gasteiger partial charge is 0.344 e. The summed E-state index contributed by atoms with van der Waals surface area (Å²) in [4.78, 5) is 32.0. The average Bonchev–Trinajstić information content (AvgIpc) is 2.97. The van der Waals surface area contributed by atoms with Gasteiger partial charge in [0.05, 0.1) is 10.6 Å². The predicted octanol–water partition coefficient (Wildman–Crippen LogP) is 2.60. The molecule has 0 saturated heterocycles. The van der Waals surface area contributed by atoms with Crippen LogP contribution in [0.4, 0.5) is 10.8 Å². The van der Waals surface area contributed by atoms with E-state index in [1.807, 2.05) is 13.8 Å². The Bertz CT molecular complexity index is 1100. The molecule has 1 aromatic heterocycles. The van der Waals surface area contributed by atoms with Crippen molar-refractivity contribution in [1.29, 1.82) is 0 Å². The van der Waals surface area contributed by atoms with Crippen molar-refractivity contribution in [2.75, 3.05) is 30.8 Å². The van der Waals surface area contributed by atoms with Crippen molar-refractivity contribution in [3.05, 3.63) is 34.3 Å². The van der Waals surface area contributed by atoms with Crippen molar-refractivity contribution >= 4 is 44.0 Å². The molecule has 0 radical (unpaired) electrons. The number of benzene rings is 1. The minimum absolute atomic E-state index is 0.00687. The number of rotatable bonds is 4. The molecule has 1 N–H and O–H groups in total. The molecule has 1 aliphatic rings. The molecule has 0 saturated carbocycles. The van der Waals surface area contributed by atoms with Crippen LogP contribution in [0.5, 0.6) is 0 Å². The third-order valence-electron chi connectivity index (χ3n) is 4.95. The van der Waals surface area contributed by atoms with E-state index in [-0.39, 0.29) is 21.8 Å². The Morgan fingerprint density at radius 3 is 2.59 bits per heavy atom. The van der Waals surface area contributed by atoms with Gasteiger partial charge < -0.3 is 9.80 Å². The van der Waals surface area contributed by atoms with E-state index in [0.717, 1.165) is 16.9 Å². The topological polar surface area (TPSA) is 99.7 Å². The van der Waals surface area contributed by atoms with Crippen LogP contribution in [0.2, 0.25) is 0 Å². The number of carbonyl (C=O) groups is 2. The molecule has 2 heterocycles. The Kier molecular flexibility index (Phi) is 5.20. The average molecular weight is 437 g/mol. The molecule has 2 aromatic rings. The summed E-state index contributed by atoms with van der Waals surface area (Å²) in [5.41, 5.74) is 1.49. The highest BCUT2D eigenvalue weighted by Gasteiger charge is 2.36. The van der Waals surface area contributed by atoms with Crippen molar-refractivity contribution in [2.24, 2.45) is 0 Å². The summed E-state index contributed by atoms with van der Waals surface area (Å²) < 4.78 is 28.4. The highest BCUT2D eigenvalue weighted by atomic mass is 32.2. The van der Waals surface area contributed by atoms with Crippen molar-refractivity contribution in [1.82, 2.24) is 9.88 Å². The second kappa shape index (κ2) is 7.10. The van der Waals surface area contributed by atoms with Crippen molar-refractivity contribution in [2.45, 2.75) is 37.5 Å². The number of aromatic nitrogens is 1. The third-order valence-corrected chi connectivity index (χ3v) is 7.48. The minimum Gasteiger partial charge on any atom is -0.344 e. The van der Waals surface area contributed by atoms with Crippen LogP contribution in [0.3, 0.4) is 0 Å². The maximum atomic E-state index is 12.9. The Labute approximate surface area is 174 Å². The second-order valence-corrected chi connectivity index (χ2v) is 10.6. The SMILES string of the molecule is Cc1nc(NS(=O)(=O)c2ccc3c(c2)C(C)(C)CC(=O)N3C)sc1C(=O)N(C)C. The molecule has 1 aliphatic heterocycles. The molecule has 156 valence electrons. The van der Waals surface area contributed by atoms with E-state index >= 15 is 0 Å². The summed E-state index contributed by atoms with van der Waals surface area (Å²) in [5.74, 6) is -0.235. The Balaban J connectivity index is 1.97. The van der Waals surface area contributed by atoms with Gasteiger partial charge in [0.25, 0.3) is 15.9 Å². The van der Waals surface area contributed by atoms with Gasteiger partial charge in [-0.15, -0.1) is 0 Å². The van der Waals surface area contributed by atoms with Gasteiger partial charge in [-0.2, -0.15) is 0 Å². The van der Waals surface area contributed by atoms with Gasteiger partial charge in [0.1, 0.15) is 4.88 Å². The van der Waals surface area contributed by atoms with E-state index in [1.54, 1.807) is 45.1 Å². The molecule has 0 unspecified atom stereocenters. The molecule has 0 fully saturated rings. The first-order valence-electron chi connectivity index (χ1n) is 8.96. The number of nitrogens with zero attached hydrogens (tertiary/aromatic N) is 3. The number of hydrogen-bond donors (Lipinski definition) is 1. The fourth-order valence-electron chi connectivity index (χ4n) is 3.26. The van der Waals surface area contributed by atoms with Crippen LogP contribution in [0, 0.1) is 6.92 Å². The number of amides is 2. The molecular formula is C19H24N4O4S2. The van der Waals surface area contributed by atoms with Crippen molar-refractivity contribution in [3.63, 3.8) is 0 Å². The van der Waals surface area contributed by atoms with Gasteiger partial charge >= 0.3 is 0 Å². The number of hydrogen-bond acceptors (Lipinski definition) is 6. The summed E-state index contributed by atoms with van der Waals surface area (Å²) in [6.07, 6.45) is 0.301. The number of anilines is 2. The zero-order valence-corrected chi connectivity index (χ0v) is 18.9. The lowest BCUT2D eigenvalue weighted by atomic mass is 9.77. The highest BCUT2D eigenvalue weighted by Crippen LogP contribution is 2.41. The number of sulfonamides is 1. The van der Waals surface area contributed by atoms with Gasteiger partial charge in [0.2, 0.25) is 5.91 Å². The first-order chi connectivity index (χ1) is 13.3. The van der Waals surface area contributed by atoms with E-state index in [9.17, 15) is 18.0 Å². The lowest BCUT2D eigenvalue weighted by Gasteiger charge is -2.37. The maximum absolute atomic E-state index is 12.9. The number of nitrogens with one attached hydrogen (secondary N) is 1. The van der Waals surface area contributed by atoms with Gasteiger partial charge in [0, 0.05) is 38.7 Å². The zero-order chi connectivity index (χ0) is 21.7. The van der Waals surface area contributed by atoms with Gasteiger partial charge in [-0.25, -0.2) is 13.4 Å². The van der Waals surface area contributed by atoms with Crippen LogP contribution in [0.1, 0.15) is 41.2 Å². The van der Waals surface area contributed by atoms with Crippen LogP contribution in [-0.4, -0.2) is 51.3 Å². The lowest BCUT2D eigenvalue weighted by Crippen LogP contribution is -2.39. The zero-order valence-electron chi connectivity index (χ0n) is 17.2. The summed E-state index contributed by atoms with van der Waals surface area (Å²) in [6, 6.07) is 4.72. The van der Waals surface area contributed by atoms with Gasteiger partial charge in [-0.3, -0.25) is 14.3 Å². The van der Waals surface area contributed by atoms with Crippen LogP contribution in [0.25, 0.3) is 0 Å². The molecule has 10 heteroatoms. The van der Waals surface area contributed by atoms with E-state index in [2.05, 4.69) is 9.71 Å². The van der Waals surface area contributed by atoms with Crippen molar-refractivity contribution in [3.8, 4) is 0 Å². The van der Waals surface area contributed by atoms with E-state index in [4.69, 9.17) is 0 Å². The minimum atomic E-state index is -3.91. The van der Waals surface area contributed by atoms with Crippen molar-refractivity contribution < 1.29 is 18.0 Å².